The lowest BCUT2D eigenvalue weighted by Gasteiger charge is -2.25. The van der Waals surface area contributed by atoms with Crippen molar-refractivity contribution in [1.29, 1.82) is 0 Å². The van der Waals surface area contributed by atoms with Gasteiger partial charge >= 0.3 is 6.18 Å². The van der Waals surface area contributed by atoms with Gasteiger partial charge in [-0.1, -0.05) is 12.1 Å². The van der Waals surface area contributed by atoms with E-state index in [9.17, 15) is 23.3 Å². The van der Waals surface area contributed by atoms with Crippen LogP contribution in [0.1, 0.15) is 12.5 Å². The van der Waals surface area contributed by atoms with Gasteiger partial charge < -0.3 is 9.47 Å². The van der Waals surface area contributed by atoms with Gasteiger partial charge in [0.25, 0.3) is 11.8 Å². The van der Waals surface area contributed by atoms with Crippen LogP contribution in [0.5, 0.6) is 11.5 Å². The van der Waals surface area contributed by atoms with Crippen LogP contribution in [-0.4, -0.2) is 23.8 Å². The van der Waals surface area contributed by atoms with Crippen LogP contribution < -0.4 is 9.47 Å². The zero-order valence-electron chi connectivity index (χ0n) is 10.3. The largest absolute Gasteiger partial charge is 0.490 e. The molecule has 1 heterocycles. The summed E-state index contributed by atoms with van der Waals surface area (Å²) >= 11 is 0. The number of rotatable bonds is 3. The van der Waals surface area contributed by atoms with Crippen LogP contribution in [0.3, 0.4) is 0 Å². The molecule has 108 valence electrons. The van der Waals surface area contributed by atoms with Gasteiger partial charge in [-0.3, -0.25) is 10.1 Å². The topological polar surface area (TPSA) is 61.6 Å². The Hall–Kier alpha value is -2.25. The maximum absolute atomic E-state index is 12.9. The minimum atomic E-state index is -4.88. The van der Waals surface area contributed by atoms with E-state index in [1.807, 2.05) is 0 Å². The quantitative estimate of drug-likeness (QED) is 0.634. The third-order valence-corrected chi connectivity index (χ3v) is 2.63. The van der Waals surface area contributed by atoms with E-state index >= 15 is 0 Å². The third kappa shape index (κ3) is 2.54. The van der Waals surface area contributed by atoms with E-state index in [0.29, 0.717) is 0 Å². The second-order valence-electron chi connectivity index (χ2n) is 3.97. The average Bonchev–Trinajstić information content (AvgIpc) is 2.37. The molecule has 0 radical (unpaired) electrons. The Bertz CT molecular complexity index is 568. The first-order chi connectivity index (χ1) is 9.34. The third-order valence-electron chi connectivity index (χ3n) is 2.63. The van der Waals surface area contributed by atoms with Gasteiger partial charge in [-0.2, -0.15) is 13.2 Å². The maximum Gasteiger partial charge on any atom is 0.436 e. The summed E-state index contributed by atoms with van der Waals surface area (Å²) in [6.07, 6.45) is -6.62. The number of para-hydroxylation sites is 1. The summed E-state index contributed by atoms with van der Waals surface area (Å²) in [5.74, 6) is -0.0137. The maximum atomic E-state index is 12.9. The molecular weight excluding hydrogens is 279 g/mol. The second-order valence-corrected chi connectivity index (χ2v) is 3.97. The molecule has 5 nitrogen and oxygen atoms in total. The van der Waals surface area contributed by atoms with Gasteiger partial charge in [-0.15, -0.1) is 0 Å². The molecule has 0 bridgehead atoms. The van der Waals surface area contributed by atoms with Crippen LogP contribution in [0.15, 0.2) is 23.9 Å². The molecule has 1 aliphatic heterocycles. The lowest BCUT2D eigenvalue weighted by molar-refractivity contribution is -0.443. The van der Waals surface area contributed by atoms with Crippen LogP contribution in [0.25, 0.3) is 6.08 Å². The molecule has 2 rings (SSSR count). The SMILES string of the molecule is CCOc1cccc2c1OC(C(F)(F)F)C([N+](=O)[O-])=C2. The Morgan fingerprint density at radius 2 is 2.15 bits per heavy atom. The molecule has 8 heteroatoms. The minimum Gasteiger partial charge on any atom is -0.490 e. The molecule has 20 heavy (non-hydrogen) atoms. The van der Waals surface area contributed by atoms with Crippen molar-refractivity contribution in [3.8, 4) is 11.5 Å². The summed E-state index contributed by atoms with van der Waals surface area (Å²) in [5, 5.41) is 10.8. The highest BCUT2D eigenvalue weighted by molar-refractivity contribution is 5.66. The highest BCUT2D eigenvalue weighted by Crippen LogP contribution is 2.42. The zero-order valence-corrected chi connectivity index (χ0v) is 10.3. The van der Waals surface area contributed by atoms with Gasteiger partial charge in [-0.25, -0.2) is 0 Å². The first-order valence-electron chi connectivity index (χ1n) is 5.69. The van der Waals surface area contributed by atoms with Gasteiger partial charge in [0.05, 0.1) is 11.5 Å². The zero-order chi connectivity index (χ0) is 14.9. The van der Waals surface area contributed by atoms with Gasteiger partial charge in [-0.05, 0) is 13.0 Å². The van der Waals surface area contributed by atoms with E-state index in [1.165, 1.54) is 18.2 Å². The molecule has 0 aromatic heterocycles. The molecule has 0 saturated heterocycles. The fraction of sp³-hybridized carbons (Fsp3) is 0.333. The number of halogens is 3. The van der Waals surface area contributed by atoms with Crippen molar-refractivity contribution in [1.82, 2.24) is 0 Å². The normalized spacial score (nSPS) is 17.8. The highest BCUT2D eigenvalue weighted by atomic mass is 19.4. The first kappa shape index (κ1) is 14.2. The Morgan fingerprint density at radius 3 is 2.70 bits per heavy atom. The predicted molar refractivity (Wildman–Crippen MR) is 63.1 cm³/mol. The molecule has 0 fully saturated rings. The molecule has 1 unspecified atom stereocenters. The lowest BCUT2D eigenvalue weighted by atomic mass is 10.1. The summed E-state index contributed by atoms with van der Waals surface area (Å²) in [6, 6.07) is 4.39. The van der Waals surface area contributed by atoms with Crippen molar-refractivity contribution in [3.63, 3.8) is 0 Å². The fourth-order valence-corrected chi connectivity index (χ4v) is 1.84. The van der Waals surface area contributed by atoms with Gasteiger partial charge in [0.2, 0.25) is 0 Å². The molecule has 1 aromatic rings. The number of ether oxygens (including phenoxy) is 2. The number of hydrogen-bond acceptors (Lipinski definition) is 4. The molecule has 0 spiro atoms. The summed E-state index contributed by atoms with van der Waals surface area (Å²) in [5.41, 5.74) is -0.859. The molecular formula is C12H10F3NO4. The number of nitro groups is 1. The number of nitrogens with zero attached hydrogens (tertiary/aromatic N) is 1. The Kier molecular flexibility index (Phi) is 3.56. The standard InChI is InChI=1S/C12H10F3NO4/c1-2-19-9-5-3-4-7-6-8(16(17)18)11(12(13,14)15)20-10(7)9/h3-6,11H,2H2,1H3. The van der Waals surface area contributed by atoms with E-state index in [-0.39, 0.29) is 23.7 Å². The lowest BCUT2D eigenvalue weighted by Crippen LogP contribution is -2.40. The van der Waals surface area contributed by atoms with Gasteiger partial charge in [0.1, 0.15) is 0 Å². The van der Waals surface area contributed by atoms with Crippen molar-refractivity contribution in [2.75, 3.05) is 6.61 Å². The number of hydrogen-bond donors (Lipinski definition) is 0. The molecule has 1 aliphatic rings. The van der Waals surface area contributed by atoms with Crippen LogP contribution in [-0.2, 0) is 0 Å². The smallest absolute Gasteiger partial charge is 0.436 e. The minimum absolute atomic E-state index is 0.123. The summed E-state index contributed by atoms with van der Waals surface area (Å²) in [6.45, 7) is 1.91. The van der Waals surface area contributed by atoms with Crippen molar-refractivity contribution < 1.29 is 27.6 Å². The monoisotopic (exact) mass is 289 g/mol. The summed E-state index contributed by atoms with van der Waals surface area (Å²) < 4.78 is 48.5. The van der Waals surface area contributed by atoms with Crippen molar-refractivity contribution in [3.05, 3.63) is 39.6 Å². The average molecular weight is 289 g/mol. The van der Waals surface area contributed by atoms with E-state index in [1.54, 1.807) is 6.92 Å². The fourth-order valence-electron chi connectivity index (χ4n) is 1.84. The molecule has 0 aliphatic carbocycles. The second kappa shape index (κ2) is 5.03. The number of benzene rings is 1. The molecule has 0 saturated carbocycles. The Labute approximate surface area is 111 Å². The van der Waals surface area contributed by atoms with E-state index in [2.05, 4.69) is 0 Å². The molecule has 1 atom stereocenters. The van der Waals surface area contributed by atoms with Crippen LogP contribution >= 0.6 is 0 Å². The van der Waals surface area contributed by atoms with Crippen molar-refractivity contribution in [2.24, 2.45) is 0 Å². The van der Waals surface area contributed by atoms with E-state index in [4.69, 9.17) is 9.47 Å². The predicted octanol–water partition coefficient (Wildman–Crippen LogP) is 3.03. The highest BCUT2D eigenvalue weighted by Gasteiger charge is 2.52. The van der Waals surface area contributed by atoms with Crippen LogP contribution in [0, 0.1) is 10.1 Å². The molecule has 0 amide bonds. The van der Waals surface area contributed by atoms with Gasteiger partial charge in [0.15, 0.2) is 11.5 Å². The van der Waals surface area contributed by atoms with Crippen LogP contribution in [0.4, 0.5) is 13.2 Å². The molecule has 1 aromatic carbocycles. The number of alkyl halides is 3. The van der Waals surface area contributed by atoms with Crippen molar-refractivity contribution in [2.45, 2.75) is 19.2 Å². The van der Waals surface area contributed by atoms with Crippen molar-refractivity contribution >= 4 is 6.08 Å². The summed E-state index contributed by atoms with van der Waals surface area (Å²) in [4.78, 5) is 9.67. The van der Waals surface area contributed by atoms with E-state index in [0.717, 1.165) is 6.08 Å². The Morgan fingerprint density at radius 1 is 1.45 bits per heavy atom. The first-order valence-corrected chi connectivity index (χ1v) is 5.69. The molecule has 0 N–H and O–H groups in total. The number of fused-ring (bicyclic) bond motifs is 1. The van der Waals surface area contributed by atoms with Crippen LogP contribution in [0.2, 0.25) is 0 Å². The summed E-state index contributed by atoms with van der Waals surface area (Å²) in [7, 11) is 0. The van der Waals surface area contributed by atoms with E-state index < -0.39 is 22.9 Å². The van der Waals surface area contributed by atoms with Gasteiger partial charge in [0, 0.05) is 11.6 Å². The Balaban J connectivity index is 2.54.